The van der Waals surface area contributed by atoms with E-state index in [0.717, 1.165) is 48.7 Å². The maximum absolute atomic E-state index is 13.9. The second-order valence-corrected chi connectivity index (χ2v) is 10.1. The minimum atomic E-state index is -0.207. The molecule has 1 heterocycles. The molecule has 0 radical (unpaired) electrons. The summed E-state index contributed by atoms with van der Waals surface area (Å²) in [7, 11) is 0. The Bertz CT molecular complexity index is 1170. The van der Waals surface area contributed by atoms with Crippen molar-refractivity contribution >= 4 is 34.0 Å². The maximum atomic E-state index is 13.9. The van der Waals surface area contributed by atoms with Gasteiger partial charge in [0.2, 0.25) is 0 Å². The lowest BCUT2D eigenvalue weighted by atomic mass is 9.73. The molecule has 0 bridgehead atoms. The number of pyridine rings is 1. The number of benzene rings is 2. The van der Waals surface area contributed by atoms with Crippen molar-refractivity contribution in [3.63, 3.8) is 0 Å². The lowest BCUT2D eigenvalue weighted by molar-refractivity contribution is 0.262. The summed E-state index contributed by atoms with van der Waals surface area (Å²) in [6, 6.07) is 14.4. The molecule has 2 unspecified atom stereocenters. The first kappa shape index (κ1) is 22.1. The minimum Gasteiger partial charge on any atom is -0.409 e. The third-order valence-electron chi connectivity index (χ3n) is 7.91. The number of halogens is 2. The lowest BCUT2D eigenvalue weighted by Gasteiger charge is -2.32. The number of aromatic nitrogens is 1. The van der Waals surface area contributed by atoms with Crippen LogP contribution in [0.4, 0.5) is 10.1 Å². The summed E-state index contributed by atoms with van der Waals surface area (Å²) in [6.45, 7) is 2.16. The maximum Gasteiger partial charge on any atom is 0.149 e. The molecule has 2 N–H and O–H groups in total. The largest absolute Gasteiger partial charge is 0.409 e. The molecule has 1 aromatic heterocycles. The fraction of sp³-hybridized carbons (Fsp3) is 0.407. The number of rotatable bonds is 5. The Morgan fingerprint density at radius 2 is 1.97 bits per heavy atom. The zero-order valence-corrected chi connectivity index (χ0v) is 19.5. The molecule has 2 fully saturated rings. The predicted molar refractivity (Wildman–Crippen MR) is 132 cm³/mol. The van der Waals surface area contributed by atoms with Crippen LogP contribution in [0.1, 0.15) is 56.9 Å². The van der Waals surface area contributed by atoms with Gasteiger partial charge in [0.05, 0.1) is 5.52 Å². The van der Waals surface area contributed by atoms with Crippen molar-refractivity contribution in [3.05, 3.63) is 71.1 Å². The fourth-order valence-electron chi connectivity index (χ4n) is 6.06. The van der Waals surface area contributed by atoms with Crippen LogP contribution in [0.15, 0.2) is 59.9 Å². The van der Waals surface area contributed by atoms with Crippen LogP contribution < -0.4 is 5.32 Å². The van der Waals surface area contributed by atoms with Crippen LogP contribution in [0.2, 0.25) is 5.02 Å². The average Bonchev–Trinajstić information content (AvgIpc) is 3.52. The molecule has 2 aromatic carbocycles. The van der Waals surface area contributed by atoms with Gasteiger partial charge < -0.3 is 10.5 Å². The van der Waals surface area contributed by atoms with Gasteiger partial charge in [0.1, 0.15) is 11.7 Å². The number of oxime groups is 1. The number of nitrogens with one attached hydrogen (secondary N) is 1. The van der Waals surface area contributed by atoms with Crippen LogP contribution in [-0.4, -0.2) is 16.0 Å². The number of hydrogen-bond donors (Lipinski definition) is 2. The summed E-state index contributed by atoms with van der Waals surface area (Å²) in [5, 5.41) is 18.4. The molecule has 0 amide bonds. The van der Waals surface area contributed by atoms with Crippen molar-refractivity contribution in [1.29, 1.82) is 0 Å². The molecule has 0 saturated heterocycles. The third kappa shape index (κ3) is 4.31. The van der Waals surface area contributed by atoms with Crippen molar-refractivity contribution in [3.8, 4) is 0 Å². The summed E-state index contributed by atoms with van der Waals surface area (Å²) < 4.78 is 13.9. The highest BCUT2D eigenvalue weighted by molar-refractivity contribution is 6.30. The zero-order valence-electron chi connectivity index (χ0n) is 18.8. The molecule has 33 heavy (non-hydrogen) atoms. The summed E-state index contributed by atoms with van der Waals surface area (Å²) in [5.74, 6) is 1.57. The van der Waals surface area contributed by atoms with Crippen LogP contribution in [-0.2, 0) is 0 Å². The van der Waals surface area contributed by atoms with Gasteiger partial charge in [0, 0.05) is 28.2 Å². The monoisotopic (exact) mass is 465 g/mol. The molecule has 1 spiro atoms. The second kappa shape index (κ2) is 8.94. The SMILES string of the molecule is CCC(/C(=N/O)Nc1ccc(Cl)cc1)C1CC12CCC(c1ccnc3ccc(F)cc13)CC2. The molecule has 0 aliphatic heterocycles. The van der Waals surface area contributed by atoms with Gasteiger partial charge in [-0.1, -0.05) is 23.7 Å². The van der Waals surface area contributed by atoms with E-state index >= 15 is 0 Å². The van der Waals surface area contributed by atoms with Gasteiger partial charge in [0.25, 0.3) is 0 Å². The Kier molecular flexibility index (Phi) is 6.00. The lowest BCUT2D eigenvalue weighted by Crippen LogP contribution is -2.28. The van der Waals surface area contributed by atoms with Crippen LogP contribution >= 0.6 is 11.6 Å². The van der Waals surface area contributed by atoms with Gasteiger partial charge in [-0.3, -0.25) is 4.98 Å². The fourth-order valence-corrected chi connectivity index (χ4v) is 6.19. The van der Waals surface area contributed by atoms with E-state index in [1.807, 2.05) is 30.5 Å². The van der Waals surface area contributed by atoms with E-state index < -0.39 is 0 Å². The van der Waals surface area contributed by atoms with Crippen molar-refractivity contribution < 1.29 is 9.60 Å². The first-order valence-corrected chi connectivity index (χ1v) is 12.2. The minimum absolute atomic E-state index is 0.193. The zero-order chi connectivity index (χ0) is 23.0. The first-order chi connectivity index (χ1) is 16.0. The van der Waals surface area contributed by atoms with Gasteiger partial charge in [-0.15, -0.1) is 0 Å². The van der Waals surface area contributed by atoms with Crippen molar-refractivity contribution in [1.82, 2.24) is 4.98 Å². The molecule has 2 atom stereocenters. The molecule has 5 rings (SSSR count). The standard InChI is InChI=1S/C27H29ClFN3O/c1-2-21(26(32-33)31-20-6-3-18(28)4-7-20)24-16-27(24)12-9-17(10-13-27)22-11-14-30-25-8-5-19(29)15-23(22)25/h3-8,11,14-15,17,21,24,33H,2,9-10,12-13,16H2,1H3,(H,31,32). The van der Waals surface area contributed by atoms with Gasteiger partial charge in [0.15, 0.2) is 0 Å². The van der Waals surface area contributed by atoms with Crippen molar-refractivity contribution in [2.24, 2.45) is 22.4 Å². The molecule has 6 heteroatoms. The van der Waals surface area contributed by atoms with Gasteiger partial charge in [-0.05, 0) is 110 Å². The normalized spacial score (nSPS) is 25.8. The summed E-state index contributed by atoms with van der Waals surface area (Å²) in [6.07, 6.45) is 8.43. The van der Waals surface area contributed by atoms with E-state index in [4.69, 9.17) is 11.6 Å². The number of nitrogens with zero attached hydrogens (tertiary/aromatic N) is 2. The Labute approximate surface area is 198 Å². The topological polar surface area (TPSA) is 57.5 Å². The summed E-state index contributed by atoms with van der Waals surface area (Å²) in [4.78, 5) is 4.42. The summed E-state index contributed by atoms with van der Waals surface area (Å²) >= 11 is 6.00. The number of amidine groups is 1. The quantitative estimate of drug-likeness (QED) is 0.176. The third-order valence-corrected chi connectivity index (χ3v) is 8.16. The molecule has 2 aliphatic carbocycles. The number of fused-ring (bicyclic) bond motifs is 1. The Morgan fingerprint density at radius 3 is 2.67 bits per heavy atom. The van der Waals surface area contributed by atoms with Gasteiger partial charge in [-0.25, -0.2) is 4.39 Å². The van der Waals surface area contributed by atoms with E-state index in [9.17, 15) is 9.60 Å². The molecule has 172 valence electrons. The van der Waals surface area contributed by atoms with Crippen LogP contribution in [0.3, 0.4) is 0 Å². The molecule has 2 aliphatic rings. The average molecular weight is 466 g/mol. The van der Waals surface area contributed by atoms with Crippen LogP contribution in [0.5, 0.6) is 0 Å². The Balaban J connectivity index is 1.28. The molecular formula is C27H29ClFN3O. The van der Waals surface area contributed by atoms with Crippen LogP contribution in [0.25, 0.3) is 10.9 Å². The van der Waals surface area contributed by atoms with Gasteiger partial charge in [-0.2, -0.15) is 0 Å². The van der Waals surface area contributed by atoms with E-state index in [1.54, 1.807) is 12.1 Å². The molecule has 3 aromatic rings. The highest BCUT2D eigenvalue weighted by atomic mass is 35.5. The first-order valence-electron chi connectivity index (χ1n) is 11.8. The van der Waals surface area contributed by atoms with Gasteiger partial charge >= 0.3 is 0 Å². The van der Waals surface area contributed by atoms with E-state index in [-0.39, 0.29) is 11.7 Å². The van der Waals surface area contributed by atoms with Crippen molar-refractivity contribution in [2.45, 2.75) is 51.4 Å². The second-order valence-electron chi connectivity index (χ2n) is 9.64. The van der Waals surface area contributed by atoms with Crippen molar-refractivity contribution in [2.75, 3.05) is 5.32 Å². The Morgan fingerprint density at radius 1 is 1.21 bits per heavy atom. The summed E-state index contributed by atoms with van der Waals surface area (Å²) in [5.41, 5.74) is 3.28. The highest BCUT2D eigenvalue weighted by Gasteiger charge is 2.58. The molecular weight excluding hydrogens is 437 g/mol. The van der Waals surface area contributed by atoms with E-state index in [1.165, 1.54) is 18.1 Å². The molecule has 2 saturated carbocycles. The van der Waals surface area contributed by atoms with Crippen LogP contribution in [0, 0.1) is 23.1 Å². The number of hydrogen-bond acceptors (Lipinski definition) is 3. The van der Waals surface area contributed by atoms with E-state index in [2.05, 4.69) is 28.4 Å². The highest BCUT2D eigenvalue weighted by Crippen LogP contribution is 2.66. The molecule has 4 nitrogen and oxygen atoms in total. The van der Waals surface area contributed by atoms with E-state index in [0.29, 0.717) is 28.1 Å². The number of anilines is 1. The Hall–Kier alpha value is -2.66. The smallest absolute Gasteiger partial charge is 0.149 e. The predicted octanol–water partition coefficient (Wildman–Crippen LogP) is 7.62.